The number of nitrogens with zero attached hydrogens (tertiary/aromatic N) is 2. The number of amides is 1. The molecule has 1 saturated carbocycles. The molecule has 0 spiro atoms. The Labute approximate surface area is 155 Å². The van der Waals surface area contributed by atoms with Gasteiger partial charge in [-0.3, -0.25) is 4.79 Å². The summed E-state index contributed by atoms with van der Waals surface area (Å²) in [6.07, 6.45) is 3.42. The van der Waals surface area contributed by atoms with Crippen molar-refractivity contribution in [3.8, 4) is 5.75 Å². The Kier molecular flexibility index (Phi) is 4.01. The molecular weight excluding hydrogens is 328 g/mol. The van der Waals surface area contributed by atoms with Crippen molar-refractivity contribution in [2.45, 2.75) is 58.6 Å². The number of benzene rings is 1. The van der Waals surface area contributed by atoms with Gasteiger partial charge in [0.2, 0.25) is 6.10 Å². The van der Waals surface area contributed by atoms with Crippen LogP contribution in [0.5, 0.6) is 5.75 Å². The summed E-state index contributed by atoms with van der Waals surface area (Å²) in [7, 11) is 1.65. The molecule has 26 heavy (non-hydrogen) atoms. The molecule has 3 aliphatic rings. The molecule has 5 nitrogen and oxygen atoms in total. The lowest BCUT2D eigenvalue weighted by atomic mass is 9.65. The van der Waals surface area contributed by atoms with Gasteiger partial charge in [0.05, 0.1) is 12.8 Å². The minimum absolute atomic E-state index is 0.101. The SMILES string of the molecule is COc1ccc(C2=NO[C@H](C(=O)N3C[C@@]4(C)C[C@H]3CC(C)(C)C4)C2)cc1. The van der Waals surface area contributed by atoms with Crippen molar-refractivity contribution < 1.29 is 14.4 Å². The van der Waals surface area contributed by atoms with Gasteiger partial charge in [0.1, 0.15) is 5.75 Å². The Balaban J connectivity index is 1.44. The van der Waals surface area contributed by atoms with Crippen LogP contribution >= 0.6 is 0 Å². The van der Waals surface area contributed by atoms with Gasteiger partial charge in [0, 0.05) is 19.0 Å². The highest BCUT2D eigenvalue weighted by atomic mass is 16.6. The van der Waals surface area contributed by atoms with Crippen LogP contribution in [0.2, 0.25) is 0 Å². The first-order valence-corrected chi connectivity index (χ1v) is 9.46. The van der Waals surface area contributed by atoms with Crippen molar-refractivity contribution in [2.24, 2.45) is 16.0 Å². The second kappa shape index (κ2) is 6.00. The van der Waals surface area contributed by atoms with Crippen LogP contribution in [0.4, 0.5) is 0 Å². The fourth-order valence-corrected chi connectivity index (χ4v) is 5.37. The van der Waals surface area contributed by atoms with E-state index >= 15 is 0 Å². The predicted molar refractivity (Wildman–Crippen MR) is 100 cm³/mol. The van der Waals surface area contributed by atoms with Crippen molar-refractivity contribution >= 4 is 11.6 Å². The third-order valence-corrected chi connectivity index (χ3v) is 6.07. The minimum Gasteiger partial charge on any atom is -0.497 e. The van der Waals surface area contributed by atoms with Crippen molar-refractivity contribution in [1.29, 1.82) is 0 Å². The Morgan fingerprint density at radius 1 is 1.23 bits per heavy atom. The largest absolute Gasteiger partial charge is 0.497 e. The van der Waals surface area contributed by atoms with Crippen molar-refractivity contribution in [1.82, 2.24) is 4.90 Å². The first kappa shape index (κ1) is 17.4. The molecule has 0 N–H and O–H groups in total. The Morgan fingerprint density at radius 2 is 1.96 bits per heavy atom. The lowest BCUT2D eigenvalue weighted by Crippen LogP contribution is -2.43. The minimum atomic E-state index is -0.488. The summed E-state index contributed by atoms with van der Waals surface area (Å²) < 4.78 is 5.19. The van der Waals surface area contributed by atoms with Crippen LogP contribution < -0.4 is 4.74 Å². The Morgan fingerprint density at radius 3 is 2.65 bits per heavy atom. The van der Waals surface area contributed by atoms with Crippen molar-refractivity contribution in [3.63, 3.8) is 0 Å². The van der Waals surface area contributed by atoms with Crippen LogP contribution in [0.15, 0.2) is 29.4 Å². The van der Waals surface area contributed by atoms with Gasteiger partial charge in [-0.2, -0.15) is 0 Å². The highest BCUT2D eigenvalue weighted by Crippen LogP contribution is 2.52. The quantitative estimate of drug-likeness (QED) is 0.831. The van der Waals surface area contributed by atoms with E-state index in [9.17, 15) is 4.79 Å². The first-order chi connectivity index (χ1) is 12.3. The highest BCUT2D eigenvalue weighted by molar-refractivity contribution is 6.04. The van der Waals surface area contributed by atoms with E-state index in [-0.39, 0.29) is 11.3 Å². The molecule has 5 heteroatoms. The molecule has 1 aromatic rings. The highest BCUT2D eigenvalue weighted by Gasteiger charge is 2.52. The van der Waals surface area contributed by atoms with Gasteiger partial charge in [0.25, 0.3) is 5.91 Å². The van der Waals surface area contributed by atoms with Crippen molar-refractivity contribution in [2.75, 3.05) is 13.7 Å². The molecule has 0 unspecified atom stereocenters. The number of likely N-dealkylation sites (tertiary alicyclic amines) is 1. The monoisotopic (exact) mass is 356 g/mol. The van der Waals surface area contributed by atoms with Crippen LogP contribution in [0, 0.1) is 10.8 Å². The van der Waals surface area contributed by atoms with Crippen LogP contribution in [0.25, 0.3) is 0 Å². The number of ether oxygens (including phenoxy) is 1. The number of methoxy groups -OCH3 is 1. The summed E-state index contributed by atoms with van der Waals surface area (Å²) in [6, 6.07) is 8.06. The maximum Gasteiger partial charge on any atom is 0.267 e. The molecule has 3 atom stereocenters. The standard InChI is InChI=1S/C21H28N2O3/c1-20(2)10-15-11-21(3,12-20)13-23(15)19(24)18-9-17(22-26-18)14-5-7-16(25-4)8-6-14/h5-8,15,18H,9-13H2,1-4H3/t15-,18+,21+/m1/s1. The summed E-state index contributed by atoms with van der Waals surface area (Å²) in [4.78, 5) is 20.8. The zero-order chi connectivity index (χ0) is 18.5. The Hall–Kier alpha value is -2.04. The average molecular weight is 356 g/mol. The molecule has 2 fully saturated rings. The number of hydrogen-bond acceptors (Lipinski definition) is 4. The van der Waals surface area contributed by atoms with E-state index in [1.165, 1.54) is 6.42 Å². The molecule has 2 heterocycles. The third-order valence-electron chi connectivity index (χ3n) is 6.07. The molecule has 0 radical (unpaired) electrons. The second-order valence-corrected chi connectivity index (χ2v) is 9.24. The summed E-state index contributed by atoms with van der Waals surface area (Å²) in [6.45, 7) is 7.81. The van der Waals surface area contributed by atoms with Gasteiger partial charge in [-0.15, -0.1) is 0 Å². The first-order valence-electron chi connectivity index (χ1n) is 9.46. The van der Waals surface area contributed by atoms with E-state index in [1.807, 2.05) is 24.3 Å². The number of hydrogen-bond donors (Lipinski definition) is 0. The molecule has 2 bridgehead atoms. The molecule has 1 aliphatic carbocycles. The third kappa shape index (κ3) is 3.08. The zero-order valence-corrected chi connectivity index (χ0v) is 16.1. The summed E-state index contributed by atoms with van der Waals surface area (Å²) in [5, 5.41) is 4.20. The summed E-state index contributed by atoms with van der Waals surface area (Å²) in [5.41, 5.74) is 2.35. The molecule has 140 valence electrons. The smallest absolute Gasteiger partial charge is 0.267 e. The lowest BCUT2D eigenvalue weighted by molar-refractivity contribution is -0.143. The molecular formula is C21H28N2O3. The maximum atomic E-state index is 13.1. The second-order valence-electron chi connectivity index (χ2n) is 9.24. The predicted octanol–water partition coefficient (Wildman–Crippen LogP) is 3.62. The normalized spacial score (nSPS) is 32.2. The van der Waals surface area contributed by atoms with Crippen molar-refractivity contribution in [3.05, 3.63) is 29.8 Å². The Bertz CT molecular complexity index is 740. The number of carbonyl (C=O) groups is 1. The summed E-state index contributed by atoms with van der Waals surface area (Å²) >= 11 is 0. The number of carbonyl (C=O) groups excluding carboxylic acids is 1. The fourth-order valence-electron chi connectivity index (χ4n) is 5.37. The molecule has 0 aromatic heterocycles. The van der Waals surface area contributed by atoms with E-state index in [2.05, 4.69) is 30.8 Å². The molecule has 4 rings (SSSR count). The van der Waals surface area contributed by atoms with Gasteiger partial charge in [0.15, 0.2) is 0 Å². The molecule has 1 saturated heterocycles. The zero-order valence-electron chi connectivity index (χ0n) is 16.1. The average Bonchev–Trinajstić information content (AvgIpc) is 3.16. The fraction of sp³-hybridized carbons (Fsp3) is 0.619. The van der Waals surface area contributed by atoms with Gasteiger partial charge in [-0.25, -0.2) is 0 Å². The van der Waals surface area contributed by atoms with Crippen LogP contribution in [-0.4, -0.2) is 42.3 Å². The number of rotatable bonds is 3. The maximum absolute atomic E-state index is 13.1. The molecule has 1 amide bonds. The van der Waals surface area contributed by atoms with E-state index in [1.54, 1.807) is 7.11 Å². The summed E-state index contributed by atoms with van der Waals surface area (Å²) in [5.74, 6) is 0.907. The van der Waals surface area contributed by atoms with Crippen LogP contribution in [0.3, 0.4) is 0 Å². The van der Waals surface area contributed by atoms with Gasteiger partial charge in [-0.05, 0) is 59.9 Å². The lowest BCUT2D eigenvalue weighted by Gasteiger charge is -2.39. The van der Waals surface area contributed by atoms with E-state index < -0.39 is 6.10 Å². The van der Waals surface area contributed by atoms with Crippen LogP contribution in [-0.2, 0) is 9.63 Å². The van der Waals surface area contributed by atoms with Gasteiger partial charge < -0.3 is 14.5 Å². The van der Waals surface area contributed by atoms with Crippen LogP contribution in [0.1, 0.15) is 52.0 Å². The number of oxime groups is 1. The van der Waals surface area contributed by atoms with E-state index in [4.69, 9.17) is 9.57 Å². The van der Waals surface area contributed by atoms with E-state index in [0.717, 1.165) is 36.4 Å². The van der Waals surface area contributed by atoms with Gasteiger partial charge in [-0.1, -0.05) is 25.9 Å². The molecule has 1 aromatic carbocycles. The molecule has 2 aliphatic heterocycles. The topological polar surface area (TPSA) is 51.1 Å². The van der Waals surface area contributed by atoms with Gasteiger partial charge >= 0.3 is 0 Å². The van der Waals surface area contributed by atoms with E-state index in [0.29, 0.717) is 17.9 Å². The number of fused-ring (bicyclic) bond motifs is 2.